The molecule has 0 radical (unpaired) electrons. The lowest BCUT2D eigenvalue weighted by Gasteiger charge is -2.27. The molecule has 1 rings (SSSR count). The van der Waals surface area contributed by atoms with Gasteiger partial charge in [-0.25, -0.2) is 0 Å². The maximum Gasteiger partial charge on any atom is 0.328 e. The number of carbonyl (C=O) groups is 2. The third-order valence-electron chi connectivity index (χ3n) is 5.30. The molecule has 0 bridgehead atoms. The number of carbonyl (C=O) groups excluding carboxylic acids is 2. The Morgan fingerprint density at radius 1 is 0.897 bits per heavy atom. The summed E-state index contributed by atoms with van der Waals surface area (Å²) >= 11 is 5.95. The molecule has 0 unspecified atom stereocenters. The second kappa shape index (κ2) is 13.5. The molecule has 0 spiro atoms. The summed E-state index contributed by atoms with van der Waals surface area (Å²) in [4.78, 5) is 25.7. The zero-order valence-corrected chi connectivity index (χ0v) is 19.0. The minimum atomic E-state index is -1.33. The van der Waals surface area contributed by atoms with E-state index >= 15 is 0 Å². The zero-order chi connectivity index (χ0) is 21.7. The van der Waals surface area contributed by atoms with Gasteiger partial charge in [0.15, 0.2) is 16.9 Å². The molecule has 0 aliphatic carbocycles. The molecule has 0 atom stereocenters. The Morgan fingerprint density at radius 3 is 2.10 bits per heavy atom. The van der Waals surface area contributed by atoms with Crippen molar-refractivity contribution in [2.45, 2.75) is 78.6 Å². The van der Waals surface area contributed by atoms with Crippen molar-refractivity contribution in [1.29, 1.82) is 0 Å². The van der Waals surface area contributed by atoms with E-state index in [0.29, 0.717) is 30.2 Å². The molecular formula is C23H35ClO5. The molecule has 0 aromatic heterocycles. The molecule has 29 heavy (non-hydrogen) atoms. The predicted molar refractivity (Wildman–Crippen MR) is 116 cm³/mol. The fourth-order valence-electron chi connectivity index (χ4n) is 3.20. The van der Waals surface area contributed by atoms with Crippen molar-refractivity contribution in [1.82, 2.24) is 0 Å². The Labute approximate surface area is 180 Å². The average molecular weight is 427 g/mol. The standard InChI is InChI=1S/C23H35ClO5/c1-5-8-9-10-11-12-13-16-28-21(25)23(6-2,7-3)22(26)29-19-15-14-18(24)17-20(19)27-4/h14-15,17H,5-13,16H2,1-4H3. The maximum atomic E-state index is 12.9. The van der Waals surface area contributed by atoms with Gasteiger partial charge in [-0.05, 0) is 31.4 Å². The van der Waals surface area contributed by atoms with Crippen LogP contribution in [0.4, 0.5) is 0 Å². The first-order chi connectivity index (χ1) is 13.9. The summed E-state index contributed by atoms with van der Waals surface area (Å²) in [6, 6.07) is 4.71. The largest absolute Gasteiger partial charge is 0.493 e. The number of hydrogen-bond acceptors (Lipinski definition) is 5. The molecule has 0 aliphatic heterocycles. The Kier molecular flexibility index (Phi) is 11.7. The number of unbranched alkanes of at least 4 members (excludes halogenated alkanes) is 6. The summed E-state index contributed by atoms with van der Waals surface area (Å²) in [5, 5.41) is 0.466. The van der Waals surface area contributed by atoms with Crippen LogP contribution in [0.2, 0.25) is 5.02 Å². The van der Waals surface area contributed by atoms with E-state index in [1.54, 1.807) is 32.0 Å². The van der Waals surface area contributed by atoms with Crippen molar-refractivity contribution in [3.8, 4) is 11.5 Å². The lowest BCUT2D eigenvalue weighted by Crippen LogP contribution is -2.42. The van der Waals surface area contributed by atoms with Crippen molar-refractivity contribution in [3.05, 3.63) is 23.2 Å². The summed E-state index contributed by atoms with van der Waals surface area (Å²) in [5.41, 5.74) is -1.33. The Hall–Kier alpha value is -1.75. The highest BCUT2D eigenvalue weighted by Crippen LogP contribution is 2.35. The van der Waals surface area contributed by atoms with Crippen LogP contribution in [0.25, 0.3) is 0 Å². The van der Waals surface area contributed by atoms with Gasteiger partial charge in [0.1, 0.15) is 0 Å². The van der Waals surface area contributed by atoms with Gasteiger partial charge in [0.05, 0.1) is 13.7 Å². The van der Waals surface area contributed by atoms with Crippen LogP contribution in [0.5, 0.6) is 11.5 Å². The highest BCUT2D eigenvalue weighted by molar-refractivity contribution is 6.30. The van der Waals surface area contributed by atoms with Gasteiger partial charge in [0, 0.05) is 11.1 Å². The first kappa shape index (κ1) is 25.3. The van der Waals surface area contributed by atoms with Gasteiger partial charge in [-0.1, -0.05) is 70.9 Å². The summed E-state index contributed by atoms with van der Waals surface area (Å²) in [5.74, 6) is -0.587. The molecule has 0 heterocycles. The maximum absolute atomic E-state index is 12.9. The van der Waals surface area contributed by atoms with E-state index in [-0.39, 0.29) is 5.75 Å². The molecule has 164 valence electrons. The van der Waals surface area contributed by atoms with Crippen LogP contribution in [-0.2, 0) is 14.3 Å². The Bertz CT molecular complexity index is 640. The van der Waals surface area contributed by atoms with E-state index in [2.05, 4.69) is 6.92 Å². The Balaban J connectivity index is 2.65. The number of rotatable bonds is 14. The van der Waals surface area contributed by atoms with Gasteiger partial charge < -0.3 is 14.2 Å². The average Bonchev–Trinajstić information content (AvgIpc) is 2.72. The third kappa shape index (κ3) is 7.54. The number of ether oxygens (including phenoxy) is 3. The van der Waals surface area contributed by atoms with Gasteiger partial charge in [0.2, 0.25) is 0 Å². The number of methoxy groups -OCH3 is 1. The molecule has 0 amide bonds. The summed E-state index contributed by atoms with van der Waals surface area (Å²) < 4.78 is 16.2. The van der Waals surface area contributed by atoms with E-state index in [0.717, 1.165) is 19.3 Å². The monoisotopic (exact) mass is 426 g/mol. The smallest absolute Gasteiger partial charge is 0.328 e. The lowest BCUT2D eigenvalue weighted by molar-refractivity contribution is -0.168. The highest BCUT2D eigenvalue weighted by atomic mass is 35.5. The summed E-state index contributed by atoms with van der Waals surface area (Å²) in [6.45, 7) is 6.10. The van der Waals surface area contributed by atoms with Crippen LogP contribution in [0.3, 0.4) is 0 Å². The topological polar surface area (TPSA) is 61.8 Å². The van der Waals surface area contributed by atoms with Gasteiger partial charge >= 0.3 is 11.9 Å². The molecule has 1 aromatic rings. The molecule has 0 fully saturated rings. The molecule has 0 saturated heterocycles. The first-order valence-corrected chi connectivity index (χ1v) is 11.1. The second-order valence-electron chi connectivity index (χ2n) is 7.23. The highest BCUT2D eigenvalue weighted by Gasteiger charge is 2.46. The van der Waals surface area contributed by atoms with Crippen LogP contribution in [0.1, 0.15) is 78.6 Å². The van der Waals surface area contributed by atoms with E-state index < -0.39 is 17.4 Å². The number of esters is 2. The minimum Gasteiger partial charge on any atom is -0.493 e. The quantitative estimate of drug-likeness (QED) is 0.150. The number of halogens is 1. The zero-order valence-electron chi connectivity index (χ0n) is 18.2. The van der Waals surface area contributed by atoms with E-state index in [1.165, 1.54) is 32.8 Å². The Morgan fingerprint density at radius 2 is 1.52 bits per heavy atom. The molecule has 0 aliphatic rings. The van der Waals surface area contributed by atoms with Gasteiger partial charge in [-0.15, -0.1) is 0 Å². The van der Waals surface area contributed by atoms with Crippen LogP contribution in [0.15, 0.2) is 18.2 Å². The SMILES string of the molecule is CCCCCCCCCOC(=O)C(CC)(CC)C(=O)Oc1ccc(Cl)cc1OC. The van der Waals surface area contributed by atoms with Gasteiger partial charge in [-0.3, -0.25) is 9.59 Å². The van der Waals surface area contributed by atoms with Crippen molar-refractivity contribution >= 4 is 23.5 Å². The van der Waals surface area contributed by atoms with Crippen molar-refractivity contribution in [2.75, 3.05) is 13.7 Å². The van der Waals surface area contributed by atoms with Crippen LogP contribution < -0.4 is 9.47 Å². The third-order valence-corrected chi connectivity index (χ3v) is 5.53. The normalized spacial score (nSPS) is 11.2. The van der Waals surface area contributed by atoms with E-state index in [4.69, 9.17) is 25.8 Å². The van der Waals surface area contributed by atoms with Crippen LogP contribution >= 0.6 is 11.6 Å². The molecule has 0 saturated carbocycles. The molecule has 5 nitrogen and oxygen atoms in total. The fraction of sp³-hybridized carbons (Fsp3) is 0.652. The number of hydrogen-bond donors (Lipinski definition) is 0. The predicted octanol–water partition coefficient (Wildman–Crippen LogP) is 6.35. The molecule has 0 N–H and O–H groups in total. The van der Waals surface area contributed by atoms with Gasteiger partial charge in [-0.2, -0.15) is 0 Å². The summed E-state index contributed by atoms with van der Waals surface area (Å²) in [7, 11) is 1.46. The lowest BCUT2D eigenvalue weighted by atomic mass is 9.82. The molecule has 1 aromatic carbocycles. The fourth-order valence-corrected chi connectivity index (χ4v) is 3.36. The van der Waals surface area contributed by atoms with E-state index in [9.17, 15) is 9.59 Å². The number of benzene rings is 1. The van der Waals surface area contributed by atoms with Crippen molar-refractivity contribution in [3.63, 3.8) is 0 Å². The molecule has 6 heteroatoms. The van der Waals surface area contributed by atoms with Crippen molar-refractivity contribution in [2.24, 2.45) is 5.41 Å². The van der Waals surface area contributed by atoms with Crippen LogP contribution in [-0.4, -0.2) is 25.7 Å². The van der Waals surface area contributed by atoms with Gasteiger partial charge in [0.25, 0.3) is 0 Å². The minimum absolute atomic E-state index is 0.230. The van der Waals surface area contributed by atoms with Crippen molar-refractivity contribution < 1.29 is 23.8 Å². The first-order valence-electron chi connectivity index (χ1n) is 10.7. The molecular weight excluding hydrogens is 392 g/mol. The van der Waals surface area contributed by atoms with E-state index in [1.807, 2.05) is 0 Å². The second-order valence-corrected chi connectivity index (χ2v) is 7.67. The van der Waals surface area contributed by atoms with Crippen LogP contribution in [0, 0.1) is 5.41 Å². The summed E-state index contributed by atoms with van der Waals surface area (Å²) in [6.07, 6.45) is 8.54.